The zero-order chi connectivity index (χ0) is 13.7. The molecule has 1 heterocycles. The molecule has 4 heteroatoms. The normalized spacial score (nSPS) is 10.9. The lowest BCUT2D eigenvalue weighted by atomic mass is 10.1. The van der Waals surface area contributed by atoms with Gasteiger partial charge in [-0.05, 0) is 41.9 Å². The van der Waals surface area contributed by atoms with Crippen LogP contribution in [0, 0.1) is 0 Å². The monoisotopic (exact) mass is 275 g/mol. The van der Waals surface area contributed by atoms with Gasteiger partial charge < -0.3 is 5.73 Å². The maximum Gasteiger partial charge on any atom is 0.0426 e. The third-order valence-electron chi connectivity index (χ3n) is 3.10. The van der Waals surface area contributed by atoms with Crippen molar-refractivity contribution >= 4 is 17.3 Å². The van der Waals surface area contributed by atoms with Gasteiger partial charge in [-0.2, -0.15) is 0 Å². The van der Waals surface area contributed by atoms with E-state index < -0.39 is 0 Å². The Balaban J connectivity index is 2.06. The summed E-state index contributed by atoms with van der Waals surface area (Å²) in [5.41, 5.74) is 9.11. The molecule has 0 unspecified atom stereocenters. The van der Waals surface area contributed by atoms with Gasteiger partial charge in [-0.15, -0.1) is 0 Å². The molecule has 0 saturated carbocycles. The minimum atomic E-state index is 0.679. The molecule has 1 aromatic heterocycles. The highest BCUT2D eigenvalue weighted by molar-refractivity contribution is 6.30. The van der Waals surface area contributed by atoms with Crippen molar-refractivity contribution in [2.45, 2.75) is 20.0 Å². The number of nitrogen functional groups attached to an aromatic ring is 1. The molecule has 0 aliphatic rings. The van der Waals surface area contributed by atoms with E-state index >= 15 is 0 Å². The zero-order valence-electron chi connectivity index (χ0n) is 11.0. The summed E-state index contributed by atoms with van der Waals surface area (Å²) in [6.45, 7) is 4.82. The molecule has 2 aromatic rings. The van der Waals surface area contributed by atoms with Crippen LogP contribution >= 0.6 is 11.6 Å². The summed E-state index contributed by atoms with van der Waals surface area (Å²) in [7, 11) is 0. The smallest absolute Gasteiger partial charge is 0.0426 e. The van der Waals surface area contributed by atoms with Crippen molar-refractivity contribution in [3.63, 3.8) is 0 Å². The van der Waals surface area contributed by atoms with Crippen molar-refractivity contribution < 1.29 is 0 Å². The van der Waals surface area contributed by atoms with Crippen LogP contribution in [-0.4, -0.2) is 16.4 Å². The van der Waals surface area contributed by atoms with Crippen LogP contribution in [0.5, 0.6) is 0 Å². The van der Waals surface area contributed by atoms with Crippen molar-refractivity contribution in [1.29, 1.82) is 0 Å². The van der Waals surface area contributed by atoms with Crippen molar-refractivity contribution in [2.24, 2.45) is 0 Å². The number of pyridine rings is 1. The summed E-state index contributed by atoms with van der Waals surface area (Å²) < 4.78 is 0. The Morgan fingerprint density at radius 3 is 2.53 bits per heavy atom. The zero-order valence-corrected chi connectivity index (χ0v) is 11.8. The number of rotatable bonds is 5. The molecule has 1 aromatic carbocycles. The van der Waals surface area contributed by atoms with Crippen LogP contribution in [0.2, 0.25) is 5.02 Å². The minimum Gasteiger partial charge on any atom is -0.398 e. The molecular formula is C15H18ClN3. The first-order valence-electron chi connectivity index (χ1n) is 6.34. The molecule has 0 amide bonds. The number of hydrogen-bond acceptors (Lipinski definition) is 3. The van der Waals surface area contributed by atoms with Gasteiger partial charge in [0.05, 0.1) is 0 Å². The first kappa shape index (κ1) is 13.8. The molecule has 0 radical (unpaired) electrons. The molecule has 2 N–H and O–H groups in total. The van der Waals surface area contributed by atoms with Crippen molar-refractivity contribution in [3.05, 3.63) is 58.9 Å². The molecule has 2 rings (SSSR count). The minimum absolute atomic E-state index is 0.679. The SMILES string of the molecule is CCN(Cc1ccncc1)Cc1ccc(Cl)cc1N. The molecular weight excluding hydrogens is 258 g/mol. The summed E-state index contributed by atoms with van der Waals surface area (Å²) >= 11 is 5.92. The standard InChI is InChI=1S/C15H18ClN3/c1-2-19(10-12-5-7-18-8-6-12)11-13-3-4-14(16)9-15(13)17/h3-9H,2,10-11,17H2,1H3. The predicted molar refractivity (Wildman–Crippen MR) is 79.9 cm³/mol. The molecule has 100 valence electrons. The highest BCUT2D eigenvalue weighted by atomic mass is 35.5. The van der Waals surface area contributed by atoms with Crippen LogP contribution in [0.1, 0.15) is 18.1 Å². The van der Waals surface area contributed by atoms with Gasteiger partial charge in [-0.3, -0.25) is 9.88 Å². The number of anilines is 1. The van der Waals surface area contributed by atoms with E-state index in [1.54, 1.807) is 6.07 Å². The second-order valence-electron chi connectivity index (χ2n) is 4.50. The fourth-order valence-corrected chi connectivity index (χ4v) is 2.16. The van der Waals surface area contributed by atoms with Crippen LogP contribution in [0.15, 0.2) is 42.7 Å². The van der Waals surface area contributed by atoms with Gasteiger partial charge in [0.1, 0.15) is 0 Å². The van der Waals surface area contributed by atoms with Crippen molar-refractivity contribution in [2.75, 3.05) is 12.3 Å². The number of halogens is 1. The summed E-state index contributed by atoms with van der Waals surface area (Å²) in [5.74, 6) is 0. The third-order valence-corrected chi connectivity index (χ3v) is 3.34. The summed E-state index contributed by atoms with van der Waals surface area (Å²) in [4.78, 5) is 6.36. The third kappa shape index (κ3) is 3.94. The average molecular weight is 276 g/mol. The van der Waals surface area contributed by atoms with E-state index in [1.807, 2.05) is 36.7 Å². The highest BCUT2D eigenvalue weighted by Crippen LogP contribution is 2.20. The Kier molecular flexibility index (Phi) is 4.77. The molecule has 0 bridgehead atoms. The maximum absolute atomic E-state index is 6.00. The number of nitrogens with zero attached hydrogens (tertiary/aromatic N) is 2. The highest BCUT2D eigenvalue weighted by Gasteiger charge is 2.07. The van der Waals surface area contributed by atoms with E-state index in [0.717, 1.165) is 30.9 Å². The molecule has 19 heavy (non-hydrogen) atoms. The first-order valence-corrected chi connectivity index (χ1v) is 6.72. The maximum atomic E-state index is 6.00. The van der Waals surface area contributed by atoms with Gasteiger partial charge in [0.2, 0.25) is 0 Å². The largest absolute Gasteiger partial charge is 0.398 e. The second kappa shape index (κ2) is 6.55. The van der Waals surface area contributed by atoms with Crippen molar-refractivity contribution in [1.82, 2.24) is 9.88 Å². The Hall–Kier alpha value is -1.58. The first-order chi connectivity index (χ1) is 9.19. The Labute approximate surface area is 119 Å². The molecule has 3 nitrogen and oxygen atoms in total. The van der Waals surface area contributed by atoms with Gasteiger partial charge in [0, 0.05) is 36.2 Å². The second-order valence-corrected chi connectivity index (χ2v) is 4.94. The van der Waals surface area contributed by atoms with Gasteiger partial charge in [-0.1, -0.05) is 24.6 Å². The number of hydrogen-bond donors (Lipinski definition) is 1. The van der Waals surface area contributed by atoms with Gasteiger partial charge in [0.15, 0.2) is 0 Å². The molecule has 0 aliphatic carbocycles. The van der Waals surface area contributed by atoms with E-state index in [0.29, 0.717) is 5.02 Å². The molecule has 0 atom stereocenters. The number of benzene rings is 1. The van der Waals surface area contributed by atoms with Crippen LogP contribution in [0.3, 0.4) is 0 Å². The lowest BCUT2D eigenvalue weighted by molar-refractivity contribution is 0.272. The average Bonchev–Trinajstić information content (AvgIpc) is 2.42. The Morgan fingerprint density at radius 1 is 1.16 bits per heavy atom. The lowest BCUT2D eigenvalue weighted by Crippen LogP contribution is -2.22. The van der Waals surface area contributed by atoms with E-state index in [9.17, 15) is 0 Å². The Morgan fingerprint density at radius 2 is 1.89 bits per heavy atom. The van der Waals surface area contributed by atoms with Gasteiger partial charge in [-0.25, -0.2) is 0 Å². The number of nitrogens with two attached hydrogens (primary N) is 1. The quantitative estimate of drug-likeness (QED) is 0.851. The summed E-state index contributed by atoms with van der Waals surface area (Å²) in [6.07, 6.45) is 3.64. The van der Waals surface area contributed by atoms with Crippen molar-refractivity contribution in [3.8, 4) is 0 Å². The molecule has 0 fully saturated rings. The van der Waals surface area contributed by atoms with E-state index in [-0.39, 0.29) is 0 Å². The summed E-state index contributed by atoms with van der Waals surface area (Å²) in [6, 6.07) is 9.75. The molecule has 0 saturated heterocycles. The van der Waals surface area contributed by atoms with Gasteiger partial charge in [0.25, 0.3) is 0 Å². The molecule has 0 spiro atoms. The molecule has 0 aliphatic heterocycles. The van der Waals surface area contributed by atoms with Crippen LogP contribution in [0.4, 0.5) is 5.69 Å². The van der Waals surface area contributed by atoms with Crippen LogP contribution in [0.25, 0.3) is 0 Å². The van der Waals surface area contributed by atoms with Crippen LogP contribution < -0.4 is 5.73 Å². The van der Waals surface area contributed by atoms with Gasteiger partial charge >= 0.3 is 0 Å². The topological polar surface area (TPSA) is 42.2 Å². The fourth-order valence-electron chi connectivity index (χ4n) is 1.98. The van der Waals surface area contributed by atoms with Crippen LogP contribution in [-0.2, 0) is 13.1 Å². The fraction of sp³-hybridized carbons (Fsp3) is 0.267. The van der Waals surface area contributed by atoms with E-state index in [4.69, 9.17) is 17.3 Å². The van der Waals surface area contributed by atoms with E-state index in [1.165, 1.54) is 5.56 Å². The lowest BCUT2D eigenvalue weighted by Gasteiger charge is -2.21. The predicted octanol–water partition coefficient (Wildman–Crippen LogP) is 3.34. The Bertz CT molecular complexity index is 528. The summed E-state index contributed by atoms with van der Waals surface area (Å²) in [5, 5.41) is 0.679. The van der Waals surface area contributed by atoms with E-state index in [2.05, 4.69) is 16.8 Å². The number of aromatic nitrogens is 1.